The van der Waals surface area contributed by atoms with Crippen molar-refractivity contribution in [1.29, 1.82) is 0 Å². The first-order valence-electron chi connectivity index (χ1n) is 4.18. The standard InChI is InChI=1S/C10H11NO2/c1-7(12)13-10-4-2-3-9-8(10)5-6-11-9/h2-7,11-12H,1H3/t7-/m0/s1. The zero-order valence-corrected chi connectivity index (χ0v) is 7.32. The molecule has 0 bridgehead atoms. The number of hydrogen-bond acceptors (Lipinski definition) is 2. The van der Waals surface area contributed by atoms with Crippen LogP contribution in [0.2, 0.25) is 0 Å². The molecule has 0 aliphatic rings. The van der Waals surface area contributed by atoms with Crippen molar-refractivity contribution in [1.82, 2.24) is 4.98 Å². The van der Waals surface area contributed by atoms with Gasteiger partial charge >= 0.3 is 0 Å². The number of hydrogen-bond donors (Lipinski definition) is 2. The van der Waals surface area contributed by atoms with Gasteiger partial charge in [-0.15, -0.1) is 0 Å². The highest BCUT2D eigenvalue weighted by Gasteiger charge is 2.03. The van der Waals surface area contributed by atoms with Crippen LogP contribution in [-0.4, -0.2) is 16.4 Å². The first-order valence-corrected chi connectivity index (χ1v) is 4.18. The Morgan fingerprint density at radius 2 is 2.23 bits per heavy atom. The molecule has 1 atom stereocenters. The molecule has 0 aliphatic heterocycles. The average molecular weight is 177 g/mol. The Bertz CT molecular complexity index is 406. The molecule has 0 unspecified atom stereocenters. The molecule has 2 rings (SSSR count). The third kappa shape index (κ3) is 1.51. The summed E-state index contributed by atoms with van der Waals surface area (Å²) in [6.45, 7) is 1.59. The number of ether oxygens (including phenoxy) is 1. The first-order chi connectivity index (χ1) is 6.27. The number of H-pyrrole nitrogens is 1. The number of benzene rings is 1. The zero-order chi connectivity index (χ0) is 9.26. The summed E-state index contributed by atoms with van der Waals surface area (Å²) in [6, 6.07) is 7.61. The quantitative estimate of drug-likeness (QED) is 0.688. The van der Waals surface area contributed by atoms with Crippen LogP contribution < -0.4 is 4.74 Å². The van der Waals surface area contributed by atoms with Gasteiger partial charge in [-0.1, -0.05) is 6.07 Å². The van der Waals surface area contributed by atoms with E-state index in [1.807, 2.05) is 30.5 Å². The van der Waals surface area contributed by atoms with Gasteiger partial charge in [0.05, 0.1) is 0 Å². The average Bonchev–Trinajstić information content (AvgIpc) is 2.51. The van der Waals surface area contributed by atoms with Gasteiger partial charge in [0.2, 0.25) is 0 Å². The summed E-state index contributed by atoms with van der Waals surface area (Å²) < 4.78 is 5.22. The molecule has 2 aromatic rings. The van der Waals surface area contributed by atoms with E-state index >= 15 is 0 Å². The lowest BCUT2D eigenvalue weighted by Crippen LogP contribution is -2.09. The van der Waals surface area contributed by atoms with Crippen LogP contribution in [0.3, 0.4) is 0 Å². The Morgan fingerprint density at radius 1 is 1.38 bits per heavy atom. The smallest absolute Gasteiger partial charge is 0.194 e. The molecule has 0 fully saturated rings. The number of aromatic nitrogens is 1. The molecule has 3 heteroatoms. The number of aliphatic hydroxyl groups is 1. The Morgan fingerprint density at radius 3 is 3.00 bits per heavy atom. The summed E-state index contributed by atoms with van der Waals surface area (Å²) in [6.07, 6.45) is 1.07. The number of aromatic amines is 1. The van der Waals surface area contributed by atoms with Gasteiger partial charge in [0.1, 0.15) is 5.75 Å². The predicted octanol–water partition coefficient (Wildman–Crippen LogP) is 1.88. The summed E-state index contributed by atoms with van der Waals surface area (Å²) in [5.74, 6) is 0.703. The van der Waals surface area contributed by atoms with Gasteiger partial charge in [0.15, 0.2) is 6.29 Å². The molecule has 0 spiro atoms. The van der Waals surface area contributed by atoms with Gasteiger partial charge in [0.25, 0.3) is 0 Å². The molecule has 0 amide bonds. The maximum atomic E-state index is 9.07. The molecule has 1 aromatic carbocycles. The molecule has 1 heterocycles. The molecule has 13 heavy (non-hydrogen) atoms. The number of aliphatic hydroxyl groups excluding tert-OH is 1. The van der Waals surface area contributed by atoms with Gasteiger partial charge < -0.3 is 14.8 Å². The maximum Gasteiger partial charge on any atom is 0.194 e. The van der Waals surface area contributed by atoms with Crippen molar-refractivity contribution >= 4 is 10.9 Å². The Balaban J connectivity index is 2.48. The van der Waals surface area contributed by atoms with Crippen molar-refractivity contribution in [2.45, 2.75) is 13.2 Å². The van der Waals surface area contributed by atoms with E-state index in [9.17, 15) is 0 Å². The van der Waals surface area contributed by atoms with E-state index in [4.69, 9.17) is 9.84 Å². The van der Waals surface area contributed by atoms with Crippen LogP contribution in [0.25, 0.3) is 10.9 Å². The SMILES string of the molecule is C[C@@H](O)Oc1cccc2[nH]ccc12. The van der Waals surface area contributed by atoms with Crippen LogP contribution in [0.15, 0.2) is 30.5 Å². The highest BCUT2D eigenvalue weighted by Crippen LogP contribution is 2.24. The second kappa shape index (κ2) is 3.11. The van der Waals surface area contributed by atoms with E-state index in [1.54, 1.807) is 6.92 Å². The molecule has 0 saturated heterocycles. The van der Waals surface area contributed by atoms with Gasteiger partial charge in [-0.2, -0.15) is 0 Å². The van der Waals surface area contributed by atoms with Crippen LogP contribution in [0, 0.1) is 0 Å². The second-order valence-electron chi connectivity index (χ2n) is 2.91. The lowest BCUT2D eigenvalue weighted by Gasteiger charge is -2.08. The molecule has 2 N–H and O–H groups in total. The topological polar surface area (TPSA) is 45.2 Å². The fourth-order valence-corrected chi connectivity index (χ4v) is 1.34. The summed E-state index contributed by atoms with van der Waals surface area (Å²) in [4.78, 5) is 3.07. The van der Waals surface area contributed by atoms with Crippen LogP contribution in [0.4, 0.5) is 0 Å². The molecule has 0 radical (unpaired) electrons. The summed E-state index contributed by atoms with van der Waals surface area (Å²) in [5, 5.41) is 10.1. The Hall–Kier alpha value is -1.48. The predicted molar refractivity (Wildman–Crippen MR) is 50.6 cm³/mol. The van der Waals surface area contributed by atoms with Gasteiger partial charge in [0, 0.05) is 17.1 Å². The fourth-order valence-electron chi connectivity index (χ4n) is 1.34. The van der Waals surface area contributed by atoms with Crippen LogP contribution in [0.5, 0.6) is 5.75 Å². The van der Waals surface area contributed by atoms with Crippen molar-refractivity contribution < 1.29 is 9.84 Å². The number of fused-ring (bicyclic) bond motifs is 1. The number of rotatable bonds is 2. The lowest BCUT2D eigenvalue weighted by molar-refractivity contribution is 0.000882. The molecule has 0 saturated carbocycles. The molecule has 3 nitrogen and oxygen atoms in total. The molecular weight excluding hydrogens is 166 g/mol. The second-order valence-corrected chi connectivity index (χ2v) is 2.91. The van der Waals surface area contributed by atoms with E-state index in [1.165, 1.54) is 0 Å². The summed E-state index contributed by atoms with van der Waals surface area (Å²) in [5.41, 5.74) is 1.01. The summed E-state index contributed by atoms with van der Waals surface area (Å²) >= 11 is 0. The van der Waals surface area contributed by atoms with Crippen molar-refractivity contribution in [3.63, 3.8) is 0 Å². The number of nitrogens with one attached hydrogen (secondary N) is 1. The van der Waals surface area contributed by atoms with Crippen molar-refractivity contribution in [2.75, 3.05) is 0 Å². The minimum atomic E-state index is -0.777. The third-order valence-electron chi connectivity index (χ3n) is 1.85. The van der Waals surface area contributed by atoms with Crippen molar-refractivity contribution in [3.05, 3.63) is 30.5 Å². The Kier molecular flexibility index (Phi) is 1.94. The zero-order valence-electron chi connectivity index (χ0n) is 7.32. The first kappa shape index (κ1) is 8.13. The van der Waals surface area contributed by atoms with Gasteiger partial charge in [-0.25, -0.2) is 0 Å². The third-order valence-corrected chi connectivity index (χ3v) is 1.85. The van der Waals surface area contributed by atoms with Crippen LogP contribution in [0.1, 0.15) is 6.92 Å². The van der Waals surface area contributed by atoms with E-state index in [0.717, 1.165) is 10.9 Å². The van der Waals surface area contributed by atoms with E-state index in [-0.39, 0.29) is 0 Å². The van der Waals surface area contributed by atoms with Gasteiger partial charge in [-0.3, -0.25) is 0 Å². The lowest BCUT2D eigenvalue weighted by atomic mass is 10.2. The minimum absolute atomic E-state index is 0.703. The van der Waals surface area contributed by atoms with Crippen LogP contribution >= 0.6 is 0 Å². The highest BCUT2D eigenvalue weighted by atomic mass is 16.6. The summed E-state index contributed by atoms with van der Waals surface area (Å²) in [7, 11) is 0. The van der Waals surface area contributed by atoms with E-state index < -0.39 is 6.29 Å². The minimum Gasteiger partial charge on any atom is -0.465 e. The molecular formula is C10H11NO2. The van der Waals surface area contributed by atoms with Gasteiger partial charge in [-0.05, 0) is 25.1 Å². The van der Waals surface area contributed by atoms with Crippen molar-refractivity contribution in [3.8, 4) is 5.75 Å². The van der Waals surface area contributed by atoms with E-state index in [2.05, 4.69) is 4.98 Å². The van der Waals surface area contributed by atoms with Crippen LogP contribution in [-0.2, 0) is 0 Å². The largest absolute Gasteiger partial charge is 0.465 e. The fraction of sp³-hybridized carbons (Fsp3) is 0.200. The highest BCUT2D eigenvalue weighted by molar-refractivity contribution is 5.85. The molecule has 1 aromatic heterocycles. The molecule has 68 valence electrons. The molecule has 0 aliphatic carbocycles. The Labute approximate surface area is 76.0 Å². The van der Waals surface area contributed by atoms with E-state index in [0.29, 0.717) is 5.75 Å². The monoisotopic (exact) mass is 177 g/mol. The van der Waals surface area contributed by atoms with Crippen molar-refractivity contribution in [2.24, 2.45) is 0 Å². The normalized spacial score (nSPS) is 13.1. The maximum absolute atomic E-state index is 9.07.